The molecule has 5 N–H and O–H groups in total. The van der Waals surface area contributed by atoms with Gasteiger partial charge in [-0.25, -0.2) is 0 Å². The van der Waals surface area contributed by atoms with Crippen molar-refractivity contribution in [2.24, 2.45) is 0 Å². The molecule has 7 atom stereocenters. The van der Waals surface area contributed by atoms with Gasteiger partial charge in [0.1, 0.15) is 36.6 Å². The SMILES string of the molecule is O=P([O-])([O-])OC1[C@H](O)[C@H](O)C(OP(=O)([O-])O)[C@H](O)[C@H]1O.[K+].[K+].[K+]. The summed E-state index contributed by atoms with van der Waals surface area (Å²) in [6.45, 7) is 0. The van der Waals surface area contributed by atoms with E-state index in [0.717, 1.165) is 0 Å². The Hall–Kier alpha value is 4.97. The molecule has 0 aliphatic heterocycles. The summed E-state index contributed by atoms with van der Waals surface area (Å²) in [6, 6.07) is 0. The minimum atomic E-state index is -5.67. The van der Waals surface area contributed by atoms with Gasteiger partial charge >= 0.3 is 154 Å². The van der Waals surface area contributed by atoms with Crippen LogP contribution in [0.1, 0.15) is 0 Å². The minimum absolute atomic E-state index is 0. The fourth-order valence-electron chi connectivity index (χ4n) is 1.73. The van der Waals surface area contributed by atoms with Crippen LogP contribution in [-0.2, 0) is 18.2 Å². The molecule has 0 aromatic carbocycles. The van der Waals surface area contributed by atoms with Crippen molar-refractivity contribution >= 4 is 15.6 Å². The number of hydrogen-bond donors (Lipinski definition) is 5. The van der Waals surface area contributed by atoms with Crippen molar-refractivity contribution in [2.75, 3.05) is 0 Å². The average Bonchev–Trinajstić information content (AvgIpc) is 2.25. The number of phosphoric acid groups is 2. The van der Waals surface area contributed by atoms with Gasteiger partial charge in [-0.1, -0.05) is 0 Å². The summed E-state index contributed by atoms with van der Waals surface area (Å²) in [7, 11) is -11.1. The zero-order valence-electron chi connectivity index (χ0n) is 12.5. The quantitative estimate of drug-likeness (QED) is 0.197. The summed E-state index contributed by atoms with van der Waals surface area (Å²) in [5.41, 5.74) is 0. The van der Waals surface area contributed by atoms with Gasteiger partial charge < -0.3 is 53.6 Å². The molecular weight excluding hydrogens is 443 g/mol. The summed E-state index contributed by atoms with van der Waals surface area (Å²) >= 11 is 0. The van der Waals surface area contributed by atoms with Crippen molar-refractivity contribution in [3.8, 4) is 0 Å². The van der Waals surface area contributed by atoms with E-state index in [1.165, 1.54) is 0 Å². The summed E-state index contributed by atoms with van der Waals surface area (Å²) in [4.78, 5) is 39.8. The Labute approximate surface area is 258 Å². The van der Waals surface area contributed by atoms with Crippen molar-refractivity contribution in [3.05, 3.63) is 0 Å². The van der Waals surface area contributed by atoms with Crippen molar-refractivity contribution in [2.45, 2.75) is 36.6 Å². The third-order valence-corrected chi connectivity index (χ3v) is 3.56. The van der Waals surface area contributed by atoms with Crippen molar-refractivity contribution < 1.29 is 212 Å². The third-order valence-electron chi connectivity index (χ3n) is 2.55. The Morgan fingerprint density at radius 1 is 0.696 bits per heavy atom. The maximum absolute atomic E-state index is 10.5. The second-order valence-corrected chi connectivity index (χ2v) is 6.27. The van der Waals surface area contributed by atoms with Crippen LogP contribution in [0.4, 0.5) is 0 Å². The van der Waals surface area contributed by atoms with Gasteiger partial charge in [-0.2, -0.15) is 0 Å². The third kappa shape index (κ3) is 11.1. The van der Waals surface area contributed by atoms with Gasteiger partial charge in [0, 0.05) is 0 Å². The standard InChI is InChI=1S/C6H14O12P2.3K/c7-1-2(8)6(18-20(14,15)16)4(10)3(9)5(1)17-19(11,12)13;;;/h1-10H,(H2,11,12,13)(H2,14,15,16);;;/q;3*+1/p-3/t1-,2-,3-,4+,5?,6?;;;/m1.../s1. The second-order valence-electron chi connectivity index (χ2n) is 4.02. The zero-order chi connectivity index (χ0) is 15.9. The van der Waals surface area contributed by atoms with E-state index in [0.29, 0.717) is 0 Å². The molecule has 0 saturated heterocycles. The van der Waals surface area contributed by atoms with Crippen LogP contribution >= 0.6 is 15.6 Å². The number of rotatable bonds is 4. The number of aliphatic hydroxyl groups is 4. The minimum Gasteiger partial charge on any atom is -0.790 e. The van der Waals surface area contributed by atoms with Crippen molar-refractivity contribution in [1.82, 2.24) is 0 Å². The molecule has 0 aromatic heterocycles. The summed E-state index contributed by atoms with van der Waals surface area (Å²) < 4.78 is 28.6. The molecule has 0 radical (unpaired) electrons. The van der Waals surface area contributed by atoms with Crippen molar-refractivity contribution in [1.29, 1.82) is 0 Å². The predicted octanol–water partition coefficient (Wildman–Crippen LogP) is -14.5. The molecule has 1 rings (SSSR count). The Kier molecular flexibility index (Phi) is 18.9. The molecule has 23 heavy (non-hydrogen) atoms. The van der Waals surface area contributed by atoms with Gasteiger partial charge in [0.15, 0.2) is 0 Å². The maximum Gasteiger partial charge on any atom is 1.00 e. The van der Waals surface area contributed by atoms with E-state index < -0.39 is 52.3 Å². The molecule has 1 aliphatic carbocycles. The largest absolute Gasteiger partial charge is 1.00 e. The fraction of sp³-hybridized carbons (Fsp3) is 1.00. The second kappa shape index (κ2) is 13.3. The summed E-state index contributed by atoms with van der Waals surface area (Å²) in [6.07, 6.45) is -13.5. The van der Waals surface area contributed by atoms with Gasteiger partial charge in [-0.05, 0) is 0 Å². The zero-order valence-corrected chi connectivity index (χ0v) is 23.6. The number of hydrogen-bond acceptors (Lipinski definition) is 11. The Bertz CT molecular complexity index is 385. The first-order chi connectivity index (χ1) is 8.83. The fourth-order valence-corrected chi connectivity index (χ4v) is 2.84. The molecule has 0 aromatic rings. The van der Waals surface area contributed by atoms with Crippen LogP contribution in [0, 0.1) is 0 Å². The van der Waals surface area contributed by atoms with Crippen LogP contribution in [0.5, 0.6) is 0 Å². The van der Waals surface area contributed by atoms with Crippen LogP contribution in [0.2, 0.25) is 0 Å². The molecule has 0 spiro atoms. The Morgan fingerprint density at radius 3 is 1.17 bits per heavy atom. The maximum atomic E-state index is 10.5. The Morgan fingerprint density at radius 2 is 0.957 bits per heavy atom. The summed E-state index contributed by atoms with van der Waals surface area (Å²) in [5.74, 6) is 0. The van der Waals surface area contributed by atoms with E-state index in [2.05, 4.69) is 9.05 Å². The van der Waals surface area contributed by atoms with Gasteiger partial charge in [0.2, 0.25) is 0 Å². The molecule has 0 heterocycles. The molecule has 17 heteroatoms. The molecular formula is C6H11K3O12P2. The average molecular weight is 454 g/mol. The molecule has 1 aliphatic rings. The molecule has 1 fully saturated rings. The normalized spacial score (nSPS) is 36.7. The summed E-state index contributed by atoms with van der Waals surface area (Å²) in [5, 5.41) is 37.8. The van der Waals surface area contributed by atoms with Crippen LogP contribution in [0.3, 0.4) is 0 Å². The van der Waals surface area contributed by atoms with Gasteiger partial charge in [-0.15, -0.1) is 0 Å². The van der Waals surface area contributed by atoms with E-state index in [4.69, 9.17) is 4.89 Å². The molecule has 120 valence electrons. The first kappa shape index (κ1) is 32.6. The molecule has 12 nitrogen and oxygen atoms in total. The predicted molar refractivity (Wildman–Crippen MR) is 51.2 cm³/mol. The van der Waals surface area contributed by atoms with Crippen LogP contribution < -0.4 is 169 Å². The van der Waals surface area contributed by atoms with Crippen LogP contribution in [0.15, 0.2) is 0 Å². The molecule has 0 amide bonds. The van der Waals surface area contributed by atoms with Crippen LogP contribution in [0.25, 0.3) is 0 Å². The number of aliphatic hydroxyl groups excluding tert-OH is 4. The van der Waals surface area contributed by atoms with Gasteiger partial charge in [-0.3, -0.25) is 4.57 Å². The van der Waals surface area contributed by atoms with E-state index in [-0.39, 0.29) is 154 Å². The molecule has 3 unspecified atom stereocenters. The topological polar surface area (TPSA) is 223 Å². The Balaban J connectivity index is -0.00000133. The van der Waals surface area contributed by atoms with E-state index >= 15 is 0 Å². The smallest absolute Gasteiger partial charge is 0.790 e. The van der Waals surface area contributed by atoms with Crippen molar-refractivity contribution in [3.63, 3.8) is 0 Å². The molecule has 0 bridgehead atoms. The van der Waals surface area contributed by atoms with Gasteiger partial charge in [0.05, 0.1) is 7.82 Å². The number of phosphoric ester groups is 2. The first-order valence-corrected chi connectivity index (χ1v) is 7.94. The van der Waals surface area contributed by atoms with E-state index in [1.807, 2.05) is 0 Å². The van der Waals surface area contributed by atoms with E-state index in [9.17, 15) is 44.2 Å². The van der Waals surface area contributed by atoms with Gasteiger partial charge in [0.25, 0.3) is 7.82 Å². The monoisotopic (exact) mass is 454 g/mol. The first-order valence-electron chi connectivity index (χ1n) is 4.98. The van der Waals surface area contributed by atoms with E-state index in [1.54, 1.807) is 0 Å². The van der Waals surface area contributed by atoms with Crippen LogP contribution in [-0.4, -0.2) is 61.9 Å². The molecule has 1 saturated carbocycles.